The molecule has 19 heavy (non-hydrogen) atoms. The molecule has 5 nitrogen and oxygen atoms in total. The van der Waals surface area contributed by atoms with Crippen molar-refractivity contribution in [1.82, 2.24) is 4.90 Å². The number of nitrogens with zero attached hydrogens (tertiary/aromatic N) is 2. The van der Waals surface area contributed by atoms with E-state index in [1.54, 1.807) is 0 Å². The number of hydrogen-bond donors (Lipinski definition) is 2. The number of hydrogen-bond acceptors (Lipinski definition) is 4. The lowest BCUT2D eigenvalue weighted by Crippen LogP contribution is -2.37. The van der Waals surface area contributed by atoms with Gasteiger partial charge in [-0.05, 0) is 24.1 Å². The van der Waals surface area contributed by atoms with E-state index in [1.807, 2.05) is 25.1 Å². The average molecular weight is 281 g/mol. The van der Waals surface area contributed by atoms with Crippen LogP contribution in [0.15, 0.2) is 23.4 Å². The molecule has 1 aliphatic rings. The van der Waals surface area contributed by atoms with Crippen molar-refractivity contribution in [2.24, 2.45) is 10.9 Å². The Morgan fingerprint density at radius 3 is 2.74 bits per heavy atom. The molecule has 0 amide bonds. The molecule has 1 heterocycles. The van der Waals surface area contributed by atoms with Crippen molar-refractivity contribution in [2.75, 3.05) is 24.6 Å². The van der Waals surface area contributed by atoms with Gasteiger partial charge in [-0.15, -0.1) is 0 Å². The first kappa shape index (κ1) is 14.0. The molecule has 0 saturated carbocycles. The first-order valence-electron chi connectivity index (χ1n) is 6.25. The summed E-state index contributed by atoms with van der Waals surface area (Å²) in [5, 5.41) is 11.7. The Kier molecular flexibility index (Phi) is 4.55. The van der Waals surface area contributed by atoms with Crippen molar-refractivity contribution in [3.63, 3.8) is 0 Å². The molecular weight excluding hydrogens is 262 g/mol. The maximum atomic E-state index is 11.3. The second kappa shape index (κ2) is 6.16. The zero-order chi connectivity index (χ0) is 13.8. The van der Waals surface area contributed by atoms with Crippen molar-refractivity contribution < 1.29 is 9.42 Å². The van der Waals surface area contributed by atoms with Crippen LogP contribution in [0.2, 0.25) is 0 Å². The molecule has 1 aliphatic heterocycles. The normalized spacial score (nSPS) is 18.7. The minimum Gasteiger partial charge on any atom is -0.409 e. The van der Waals surface area contributed by atoms with Gasteiger partial charge in [0.05, 0.1) is 0 Å². The largest absolute Gasteiger partial charge is 0.409 e. The quantitative estimate of drug-likeness (QED) is 0.369. The predicted molar refractivity (Wildman–Crippen MR) is 76.8 cm³/mol. The van der Waals surface area contributed by atoms with E-state index in [0.29, 0.717) is 0 Å². The van der Waals surface area contributed by atoms with E-state index >= 15 is 0 Å². The van der Waals surface area contributed by atoms with E-state index < -0.39 is 10.8 Å². The highest BCUT2D eigenvalue weighted by Gasteiger charge is 2.16. The Balaban J connectivity index is 2.07. The van der Waals surface area contributed by atoms with Gasteiger partial charge in [-0.25, -0.2) is 0 Å². The lowest BCUT2D eigenvalue weighted by molar-refractivity contribution is 0.291. The van der Waals surface area contributed by atoms with Crippen LogP contribution in [-0.4, -0.2) is 44.7 Å². The Morgan fingerprint density at radius 1 is 1.47 bits per heavy atom. The summed E-state index contributed by atoms with van der Waals surface area (Å²) in [4.78, 5) is 2.31. The molecule has 0 aromatic heterocycles. The standard InChI is InChI=1S/C13H19N3O2S/c1-10-8-11(13(14)15-17)2-3-12(10)9-16-4-6-19(18)7-5-16/h2-3,8,17H,4-7,9H2,1H3,(H2,14,15). The maximum Gasteiger partial charge on any atom is 0.170 e. The topological polar surface area (TPSA) is 78.9 Å². The van der Waals surface area contributed by atoms with Crippen LogP contribution in [0.4, 0.5) is 0 Å². The second-order valence-electron chi connectivity index (χ2n) is 4.75. The lowest BCUT2D eigenvalue weighted by atomic mass is 10.0. The molecule has 0 spiro atoms. The minimum absolute atomic E-state index is 0.128. The van der Waals surface area contributed by atoms with Gasteiger partial charge in [0.25, 0.3) is 0 Å². The minimum atomic E-state index is -0.637. The fraction of sp³-hybridized carbons (Fsp3) is 0.462. The summed E-state index contributed by atoms with van der Waals surface area (Å²) in [7, 11) is -0.637. The van der Waals surface area contributed by atoms with Gasteiger partial charge in [0.15, 0.2) is 5.84 Å². The molecule has 6 heteroatoms. The third-order valence-corrected chi connectivity index (χ3v) is 4.69. The zero-order valence-corrected chi connectivity index (χ0v) is 11.8. The van der Waals surface area contributed by atoms with E-state index in [2.05, 4.69) is 10.1 Å². The van der Waals surface area contributed by atoms with Gasteiger partial charge in [-0.1, -0.05) is 17.3 Å². The third-order valence-electron chi connectivity index (χ3n) is 3.41. The van der Waals surface area contributed by atoms with Gasteiger partial charge in [0, 0.05) is 47.5 Å². The average Bonchev–Trinajstić information content (AvgIpc) is 2.42. The Labute approximate surface area is 115 Å². The maximum absolute atomic E-state index is 11.3. The van der Waals surface area contributed by atoms with Crippen molar-refractivity contribution >= 4 is 16.6 Å². The van der Waals surface area contributed by atoms with Crippen LogP contribution in [0.1, 0.15) is 16.7 Å². The highest BCUT2D eigenvalue weighted by Crippen LogP contribution is 2.15. The van der Waals surface area contributed by atoms with Gasteiger partial charge < -0.3 is 10.9 Å². The van der Waals surface area contributed by atoms with Crippen LogP contribution >= 0.6 is 0 Å². The molecule has 0 unspecified atom stereocenters. The van der Waals surface area contributed by atoms with E-state index in [4.69, 9.17) is 10.9 Å². The Morgan fingerprint density at radius 2 is 2.16 bits per heavy atom. The van der Waals surface area contributed by atoms with Crippen molar-refractivity contribution in [1.29, 1.82) is 0 Å². The predicted octanol–water partition coefficient (Wildman–Crippen LogP) is 0.654. The molecule has 0 aliphatic carbocycles. The molecule has 1 saturated heterocycles. The van der Waals surface area contributed by atoms with E-state index in [0.717, 1.165) is 42.3 Å². The molecule has 1 aromatic carbocycles. The number of aryl methyl sites for hydroxylation is 1. The van der Waals surface area contributed by atoms with E-state index in [1.165, 1.54) is 5.56 Å². The van der Waals surface area contributed by atoms with Gasteiger partial charge in [-0.3, -0.25) is 9.11 Å². The zero-order valence-electron chi connectivity index (χ0n) is 11.0. The first-order valence-corrected chi connectivity index (χ1v) is 7.73. The summed E-state index contributed by atoms with van der Waals surface area (Å²) in [6.45, 7) is 4.65. The Hall–Kier alpha value is -1.40. The van der Waals surface area contributed by atoms with Crippen LogP contribution in [0.3, 0.4) is 0 Å². The molecular formula is C13H19N3O2S. The fourth-order valence-electron chi connectivity index (χ4n) is 2.17. The van der Waals surface area contributed by atoms with Gasteiger partial charge in [0.1, 0.15) is 0 Å². The van der Waals surface area contributed by atoms with Gasteiger partial charge in [0.2, 0.25) is 0 Å². The number of rotatable bonds is 3. The van der Waals surface area contributed by atoms with Crippen LogP contribution in [-0.2, 0) is 17.3 Å². The van der Waals surface area contributed by atoms with Gasteiger partial charge >= 0.3 is 0 Å². The summed E-state index contributed by atoms with van der Waals surface area (Å²) in [6, 6.07) is 5.79. The molecule has 0 atom stereocenters. The Bertz CT molecular complexity index is 507. The lowest BCUT2D eigenvalue weighted by Gasteiger charge is -2.26. The number of amidine groups is 1. The van der Waals surface area contributed by atoms with E-state index in [9.17, 15) is 4.21 Å². The van der Waals surface area contributed by atoms with Crippen molar-refractivity contribution in [2.45, 2.75) is 13.5 Å². The fourth-order valence-corrected chi connectivity index (χ4v) is 3.29. The highest BCUT2D eigenvalue weighted by molar-refractivity contribution is 7.85. The molecule has 2 rings (SSSR count). The summed E-state index contributed by atoms with van der Waals surface area (Å²) in [5.41, 5.74) is 8.64. The molecule has 0 bridgehead atoms. The SMILES string of the molecule is Cc1cc(/C(N)=N/O)ccc1CN1CCS(=O)CC1. The van der Waals surface area contributed by atoms with Crippen molar-refractivity contribution in [3.8, 4) is 0 Å². The van der Waals surface area contributed by atoms with Crippen molar-refractivity contribution in [3.05, 3.63) is 34.9 Å². The highest BCUT2D eigenvalue weighted by atomic mass is 32.2. The summed E-state index contributed by atoms with van der Waals surface area (Å²) >= 11 is 0. The number of oxime groups is 1. The van der Waals surface area contributed by atoms with Crippen LogP contribution < -0.4 is 5.73 Å². The molecule has 104 valence electrons. The molecule has 1 fully saturated rings. The summed E-state index contributed by atoms with van der Waals surface area (Å²) < 4.78 is 11.3. The number of benzene rings is 1. The van der Waals surface area contributed by atoms with Crippen LogP contribution in [0.5, 0.6) is 0 Å². The van der Waals surface area contributed by atoms with E-state index in [-0.39, 0.29) is 5.84 Å². The molecule has 3 N–H and O–H groups in total. The second-order valence-corrected chi connectivity index (χ2v) is 6.45. The molecule has 0 radical (unpaired) electrons. The summed E-state index contributed by atoms with van der Waals surface area (Å²) in [6.07, 6.45) is 0. The number of nitrogens with two attached hydrogens (primary N) is 1. The monoisotopic (exact) mass is 281 g/mol. The summed E-state index contributed by atoms with van der Waals surface area (Å²) in [5.74, 6) is 1.66. The third kappa shape index (κ3) is 3.54. The smallest absolute Gasteiger partial charge is 0.170 e. The van der Waals surface area contributed by atoms with Crippen LogP contribution in [0, 0.1) is 6.92 Å². The first-order chi connectivity index (χ1) is 9.10. The van der Waals surface area contributed by atoms with Crippen LogP contribution in [0.25, 0.3) is 0 Å². The molecule has 1 aromatic rings. The van der Waals surface area contributed by atoms with Gasteiger partial charge in [-0.2, -0.15) is 0 Å².